The summed E-state index contributed by atoms with van der Waals surface area (Å²) in [5, 5.41) is 23.6. The Hall–Kier alpha value is -1.48. The third-order valence-electron chi connectivity index (χ3n) is 6.64. The van der Waals surface area contributed by atoms with Gasteiger partial charge in [-0.1, -0.05) is 6.92 Å². The Bertz CT molecular complexity index is 689. The van der Waals surface area contributed by atoms with E-state index in [2.05, 4.69) is 0 Å². The molecule has 0 aromatic carbocycles. The summed E-state index contributed by atoms with van der Waals surface area (Å²) in [6.45, 7) is 5.39. The molecule has 3 unspecified atom stereocenters. The van der Waals surface area contributed by atoms with Crippen molar-refractivity contribution < 1.29 is 33.6 Å². The van der Waals surface area contributed by atoms with Crippen molar-refractivity contribution >= 4 is 11.9 Å². The van der Waals surface area contributed by atoms with Gasteiger partial charge in [0.15, 0.2) is 23.3 Å². The Balaban J connectivity index is 1.68. The number of esters is 2. The van der Waals surface area contributed by atoms with Gasteiger partial charge in [-0.2, -0.15) is 0 Å². The molecule has 0 aromatic rings. The second-order valence-corrected chi connectivity index (χ2v) is 8.29. The highest BCUT2D eigenvalue weighted by molar-refractivity contribution is 5.84. The number of hydroxylamine groups is 3. The first-order valence-corrected chi connectivity index (χ1v) is 9.15. The summed E-state index contributed by atoms with van der Waals surface area (Å²) in [7, 11) is 0. The molecule has 1 spiro atoms. The maximum absolute atomic E-state index is 13.0. The van der Waals surface area contributed by atoms with E-state index < -0.39 is 45.9 Å². The molecule has 0 aliphatic carbocycles. The normalized spacial score (nSPS) is 51.0. The fraction of sp³-hybridized carbons (Fsp3) is 0.778. The molecule has 8 heteroatoms. The fourth-order valence-corrected chi connectivity index (χ4v) is 4.53. The zero-order chi connectivity index (χ0) is 18.9. The standard InChI is InChI=1S/C18H25NO7/c1-10-8-18(11(2)26-18)16(21)25-13-5-7-19(23)6-4-12(14(13)19)9-24-15(20)17(10,3)22/h4,10-11,13-14,22H,5-9H2,1-3H3/t10-,11?,13-,14-,17-,18?,19?/m1/s1. The van der Waals surface area contributed by atoms with Crippen molar-refractivity contribution in [1.29, 1.82) is 0 Å². The quantitative estimate of drug-likeness (QED) is 0.217. The smallest absolute Gasteiger partial charge is 0.341 e. The van der Waals surface area contributed by atoms with Crippen LogP contribution >= 0.6 is 0 Å². The van der Waals surface area contributed by atoms with Crippen LogP contribution in [0.5, 0.6) is 0 Å². The molecule has 0 saturated carbocycles. The van der Waals surface area contributed by atoms with Crippen LogP contribution in [0.4, 0.5) is 0 Å². The monoisotopic (exact) mass is 367 g/mol. The minimum Gasteiger partial charge on any atom is -0.632 e. The van der Waals surface area contributed by atoms with E-state index in [9.17, 15) is 19.9 Å². The van der Waals surface area contributed by atoms with Crippen molar-refractivity contribution in [2.75, 3.05) is 19.7 Å². The summed E-state index contributed by atoms with van der Waals surface area (Å²) in [4.78, 5) is 25.3. The van der Waals surface area contributed by atoms with Gasteiger partial charge in [0.1, 0.15) is 6.61 Å². The molecule has 26 heavy (non-hydrogen) atoms. The van der Waals surface area contributed by atoms with Crippen LogP contribution in [0.3, 0.4) is 0 Å². The van der Waals surface area contributed by atoms with Crippen LogP contribution in [0.1, 0.15) is 33.6 Å². The Morgan fingerprint density at radius 2 is 2.00 bits per heavy atom. The molecular weight excluding hydrogens is 342 g/mol. The van der Waals surface area contributed by atoms with E-state index in [-0.39, 0.29) is 25.7 Å². The van der Waals surface area contributed by atoms with Gasteiger partial charge in [-0.15, -0.1) is 0 Å². The minimum atomic E-state index is -1.77. The molecule has 0 aromatic heterocycles. The fourth-order valence-electron chi connectivity index (χ4n) is 4.53. The zero-order valence-corrected chi connectivity index (χ0v) is 15.3. The van der Waals surface area contributed by atoms with Crippen LogP contribution < -0.4 is 0 Å². The maximum Gasteiger partial charge on any atom is 0.341 e. The van der Waals surface area contributed by atoms with E-state index in [1.54, 1.807) is 19.9 Å². The van der Waals surface area contributed by atoms with Crippen LogP contribution in [0.2, 0.25) is 0 Å². The lowest BCUT2D eigenvalue weighted by Gasteiger charge is -2.41. The van der Waals surface area contributed by atoms with Crippen molar-refractivity contribution in [2.45, 2.75) is 63.1 Å². The molecule has 7 atom stereocenters. The first-order chi connectivity index (χ1) is 12.1. The SMILES string of the molecule is CC1OC12C[C@@H](C)[C@@](C)(O)C(=O)OCC1=CC[N+]3([O-])CC[C@@H](OC2=O)[C@@H]13. The van der Waals surface area contributed by atoms with Crippen molar-refractivity contribution in [2.24, 2.45) is 5.92 Å². The molecule has 0 radical (unpaired) electrons. The topological polar surface area (TPSA) is 108 Å². The number of hydrogen-bond donors (Lipinski definition) is 1. The maximum atomic E-state index is 13.0. The number of aliphatic hydroxyl groups is 1. The Morgan fingerprint density at radius 3 is 2.65 bits per heavy atom. The second-order valence-electron chi connectivity index (χ2n) is 8.29. The molecule has 144 valence electrons. The third kappa shape index (κ3) is 2.43. The highest BCUT2D eigenvalue weighted by Crippen LogP contribution is 2.47. The lowest BCUT2D eigenvalue weighted by Crippen LogP contribution is -2.51. The number of epoxide rings is 1. The summed E-state index contributed by atoms with van der Waals surface area (Å²) in [5.74, 6) is -1.83. The Labute approximate surface area is 151 Å². The van der Waals surface area contributed by atoms with Crippen LogP contribution in [0, 0.1) is 11.1 Å². The predicted molar refractivity (Wildman–Crippen MR) is 88.4 cm³/mol. The van der Waals surface area contributed by atoms with Crippen LogP contribution in [0.25, 0.3) is 0 Å². The molecule has 3 saturated heterocycles. The van der Waals surface area contributed by atoms with Crippen molar-refractivity contribution in [3.05, 3.63) is 16.9 Å². The van der Waals surface area contributed by atoms with Gasteiger partial charge in [0.05, 0.1) is 19.2 Å². The number of hydrogen-bond acceptors (Lipinski definition) is 7. The third-order valence-corrected chi connectivity index (χ3v) is 6.64. The molecule has 4 aliphatic rings. The molecule has 4 rings (SSSR count). The number of quaternary nitrogens is 1. The molecule has 0 bridgehead atoms. The van der Waals surface area contributed by atoms with Gasteiger partial charge in [-0.3, -0.25) is 0 Å². The van der Waals surface area contributed by atoms with E-state index in [1.807, 2.05) is 0 Å². The predicted octanol–water partition coefficient (Wildman–Crippen LogP) is 0.417. The molecule has 1 N–H and O–H groups in total. The lowest BCUT2D eigenvalue weighted by atomic mass is 9.82. The molecule has 4 heterocycles. The lowest BCUT2D eigenvalue weighted by molar-refractivity contribution is -0.877. The number of carbonyl (C=O) groups is 2. The summed E-state index contributed by atoms with van der Waals surface area (Å²) in [5.41, 5.74) is -2.28. The minimum absolute atomic E-state index is 0.0687. The molecule has 0 amide bonds. The average molecular weight is 367 g/mol. The Morgan fingerprint density at radius 1 is 1.31 bits per heavy atom. The van der Waals surface area contributed by atoms with E-state index in [0.29, 0.717) is 18.5 Å². The number of ether oxygens (including phenoxy) is 3. The average Bonchev–Trinajstić information content (AvgIpc) is 2.94. The summed E-state index contributed by atoms with van der Waals surface area (Å²) in [6.07, 6.45) is 1.48. The Kier molecular flexibility index (Phi) is 3.80. The van der Waals surface area contributed by atoms with Crippen molar-refractivity contribution in [1.82, 2.24) is 0 Å². The molecule has 4 aliphatic heterocycles. The summed E-state index contributed by atoms with van der Waals surface area (Å²) in [6, 6.07) is -0.556. The van der Waals surface area contributed by atoms with Gasteiger partial charge in [-0.25, -0.2) is 9.59 Å². The van der Waals surface area contributed by atoms with Crippen LogP contribution in [-0.2, 0) is 23.8 Å². The van der Waals surface area contributed by atoms with Crippen molar-refractivity contribution in [3.8, 4) is 0 Å². The molecular formula is C18H25NO7. The van der Waals surface area contributed by atoms with E-state index in [1.165, 1.54) is 6.92 Å². The van der Waals surface area contributed by atoms with E-state index in [0.717, 1.165) is 0 Å². The van der Waals surface area contributed by atoms with Gasteiger partial charge in [-0.05, 0) is 32.3 Å². The van der Waals surface area contributed by atoms with E-state index >= 15 is 0 Å². The first-order valence-electron chi connectivity index (χ1n) is 9.15. The van der Waals surface area contributed by atoms with E-state index in [4.69, 9.17) is 14.2 Å². The number of rotatable bonds is 0. The van der Waals surface area contributed by atoms with Crippen LogP contribution in [0.15, 0.2) is 11.6 Å². The van der Waals surface area contributed by atoms with Gasteiger partial charge < -0.3 is 29.2 Å². The van der Waals surface area contributed by atoms with Crippen LogP contribution in [-0.4, -0.2) is 70.8 Å². The highest BCUT2D eigenvalue weighted by Gasteiger charge is 2.64. The molecule has 8 nitrogen and oxygen atoms in total. The summed E-state index contributed by atoms with van der Waals surface area (Å²) >= 11 is 0. The first kappa shape index (κ1) is 17.9. The zero-order valence-electron chi connectivity index (χ0n) is 15.3. The van der Waals surface area contributed by atoms with Gasteiger partial charge in [0, 0.05) is 12.0 Å². The van der Waals surface area contributed by atoms with Crippen molar-refractivity contribution in [3.63, 3.8) is 0 Å². The number of nitrogens with zero attached hydrogens (tertiary/aromatic N) is 1. The van der Waals surface area contributed by atoms with Gasteiger partial charge >= 0.3 is 11.9 Å². The largest absolute Gasteiger partial charge is 0.632 e. The van der Waals surface area contributed by atoms with Gasteiger partial charge in [0.2, 0.25) is 0 Å². The number of cyclic esters (lactones) is 1. The summed E-state index contributed by atoms with van der Waals surface area (Å²) < 4.78 is 16.2. The highest BCUT2D eigenvalue weighted by atomic mass is 16.7. The molecule has 3 fully saturated rings. The van der Waals surface area contributed by atoms with Gasteiger partial charge in [0.25, 0.3) is 0 Å². The number of carbonyl (C=O) groups excluding carboxylic acids is 2. The second kappa shape index (κ2) is 5.51.